The van der Waals surface area contributed by atoms with E-state index in [1.807, 2.05) is 0 Å². The van der Waals surface area contributed by atoms with Gasteiger partial charge < -0.3 is 5.11 Å². The van der Waals surface area contributed by atoms with Crippen molar-refractivity contribution < 1.29 is 27.0 Å². The summed E-state index contributed by atoms with van der Waals surface area (Å²) in [5, 5.41) is 8.48. The molecule has 2 nitrogen and oxygen atoms in total. The van der Waals surface area contributed by atoms with Gasteiger partial charge in [-0.2, -0.15) is 0 Å². The zero-order chi connectivity index (χ0) is 13.5. The molecule has 0 aromatic heterocycles. The molecule has 0 aliphatic heterocycles. The number of allylic oxidation sites excluding steroid dienone is 2. The molecule has 0 aliphatic carbocycles. The molecule has 0 aromatic carbocycles. The van der Waals surface area contributed by atoms with Crippen LogP contribution in [0.25, 0.3) is 0 Å². The van der Waals surface area contributed by atoms with Crippen LogP contribution in [0.3, 0.4) is 0 Å². The van der Waals surface area contributed by atoms with E-state index in [0.29, 0.717) is 6.42 Å². The SMILES string of the molecule is CCCCCC/C=C\CCCCCCCC(=O)O.[Mn]. The average molecular weight is 309 g/mol. The largest absolute Gasteiger partial charge is 0.481 e. The van der Waals surface area contributed by atoms with Crippen molar-refractivity contribution in [1.82, 2.24) is 0 Å². The Hall–Kier alpha value is -0.271. The van der Waals surface area contributed by atoms with Crippen LogP contribution in [0.5, 0.6) is 0 Å². The van der Waals surface area contributed by atoms with Gasteiger partial charge in [-0.1, -0.05) is 57.6 Å². The van der Waals surface area contributed by atoms with E-state index < -0.39 is 5.97 Å². The van der Waals surface area contributed by atoms with Gasteiger partial charge in [-0.15, -0.1) is 0 Å². The van der Waals surface area contributed by atoms with Gasteiger partial charge in [0, 0.05) is 23.5 Å². The van der Waals surface area contributed by atoms with Gasteiger partial charge in [-0.25, -0.2) is 0 Å². The minimum atomic E-state index is -0.666. The third-order valence-electron chi connectivity index (χ3n) is 3.15. The fourth-order valence-corrected chi connectivity index (χ4v) is 1.99. The summed E-state index contributed by atoms with van der Waals surface area (Å²) in [4.78, 5) is 10.3. The molecule has 0 fully saturated rings. The number of carboxylic acids is 1. The van der Waals surface area contributed by atoms with Gasteiger partial charge in [-0.05, 0) is 32.1 Å². The molecule has 0 aromatic rings. The van der Waals surface area contributed by atoms with Crippen molar-refractivity contribution in [2.45, 2.75) is 84.0 Å². The first-order valence-electron chi connectivity index (χ1n) is 7.64. The van der Waals surface area contributed by atoms with Gasteiger partial charge in [0.2, 0.25) is 0 Å². The first-order valence-corrected chi connectivity index (χ1v) is 7.64. The van der Waals surface area contributed by atoms with Crippen molar-refractivity contribution in [2.75, 3.05) is 0 Å². The van der Waals surface area contributed by atoms with Gasteiger partial charge in [0.1, 0.15) is 0 Å². The van der Waals surface area contributed by atoms with E-state index in [4.69, 9.17) is 5.11 Å². The topological polar surface area (TPSA) is 37.3 Å². The number of aliphatic carboxylic acids is 1. The van der Waals surface area contributed by atoms with Crippen LogP contribution in [0.2, 0.25) is 0 Å². The summed E-state index contributed by atoms with van der Waals surface area (Å²) in [5.41, 5.74) is 0. The second kappa shape index (κ2) is 17.7. The van der Waals surface area contributed by atoms with Crippen LogP contribution in [0.1, 0.15) is 84.0 Å². The summed E-state index contributed by atoms with van der Waals surface area (Å²) in [6, 6.07) is 0. The Morgan fingerprint density at radius 1 is 0.842 bits per heavy atom. The first-order chi connectivity index (χ1) is 8.77. The molecule has 0 heterocycles. The van der Waals surface area contributed by atoms with Crippen molar-refractivity contribution in [2.24, 2.45) is 0 Å². The zero-order valence-corrected chi connectivity index (χ0v) is 13.6. The molecule has 3 heteroatoms. The zero-order valence-electron chi connectivity index (χ0n) is 12.4. The van der Waals surface area contributed by atoms with Crippen LogP contribution >= 0.6 is 0 Å². The summed E-state index contributed by atoms with van der Waals surface area (Å²) < 4.78 is 0. The van der Waals surface area contributed by atoms with Gasteiger partial charge in [0.05, 0.1) is 0 Å². The molecule has 113 valence electrons. The second-order valence-electron chi connectivity index (χ2n) is 5.02. The summed E-state index contributed by atoms with van der Waals surface area (Å²) >= 11 is 0. The van der Waals surface area contributed by atoms with Crippen LogP contribution in [-0.2, 0) is 21.9 Å². The summed E-state index contributed by atoms with van der Waals surface area (Å²) in [5.74, 6) is -0.666. The molecule has 0 saturated heterocycles. The molecular weight excluding hydrogens is 279 g/mol. The maximum Gasteiger partial charge on any atom is 0.303 e. The number of hydrogen-bond donors (Lipinski definition) is 1. The van der Waals surface area contributed by atoms with E-state index in [2.05, 4.69) is 19.1 Å². The summed E-state index contributed by atoms with van der Waals surface area (Å²) in [6.07, 6.45) is 18.3. The molecule has 0 spiro atoms. The predicted octanol–water partition coefficient (Wildman–Crippen LogP) is 5.33. The van der Waals surface area contributed by atoms with E-state index >= 15 is 0 Å². The molecule has 0 bridgehead atoms. The predicted molar refractivity (Wildman–Crippen MR) is 77.9 cm³/mol. The van der Waals surface area contributed by atoms with Crippen LogP contribution < -0.4 is 0 Å². The maximum absolute atomic E-state index is 10.3. The Balaban J connectivity index is 0. The Labute approximate surface area is 129 Å². The van der Waals surface area contributed by atoms with Crippen LogP contribution in [-0.4, -0.2) is 11.1 Å². The van der Waals surface area contributed by atoms with E-state index in [0.717, 1.165) is 12.8 Å². The van der Waals surface area contributed by atoms with E-state index in [1.165, 1.54) is 57.8 Å². The molecule has 0 atom stereocenters. The van der Waals surface area contributed by atoms with Crippen molar-refractivity contribution in [3.63, 3.8) is 0 Å². The Morgan fingerprint density at radius 3 is 1.84 bits per heavy atom. The van der Waals surface area contributed by atoms with Crippen LogP contribution in [0.15, 0.2) is 12.2 Å². The molecule has 19 heavy (non-hydrogen) atoms. The quantitative estimate of drug-likeness (QED) is 0.284. The van der Waals surface area contributed by atoms with Gasteiger partial charge in [0.25, 0.3) is 0 Å². The number of hydrogen-bond acceptors (Lipinski definition) is 1. The van der Waals surface area contributed by atoms with E-state index in [9.17, 15) is 4.79 Å². The normalized spacial score (nSPS) is 10.6. The molecule has 0 unspecified atom stereocenters. The number of carbonyl (C=O) groups is 1. The number of carboxylic acid groups (broad SMARTS) is 1. The minimum Gasteiger partial charge on any atom is -0.481 e. The Kier molecular flexibility index (Phi) is 19.6. The smallest absolute Gasteiger partial charge is 0.303 e. The Bertz CT molecular complexity index is 215. The number of rotatable bonds is 13. The fourth-order valence-electron chi connectivity index (χ4n) is 1.99. The summed E-state index contributed by atoms with van der Waals surface area (Å²) in [7, 11) is 0. The first kappa shape index (κ1) is 21.0. The van der Waals surface area contributed by atoms with E-state index in [-0.39, 0.29) is 17.1 Å². The molecular formula is C16H30MnO2. The third-order valence-corrected chi connectivity index (χ3v) is 3.15. The molecule has 1 radical (unpaired) electrons. The Morgan fingerprint density at radius 2 is 1.32 bits per heavy atom. The van der Waals surface area contributed by atoms with Crippen molar-refractivity contribution in [3.05, 3.63) is 12.2 Å². The van der Waals surface area contributed by atoms with Gasteiger partial charge in [0.15, 0.2) is 0 Å². The van der Waals surface area contributed by atoms with Crippen LogP contribution in [0.4, 0.5) is 0 Å². The second-order valence-corrected chi connectivity index (χ2v) is 5.02. The third kappa shape index (κ3) is 20.2. The minimum absolute atomic E-state index is 0. The monoisotopic (exact) mass is 309 g/mol. The van der Waals surface area contributed by atoms with Gasteiger partial charge >= 0.3 is 5.97 Å². The summed E-state index contributed by atoms with van der Waals surface area (Å²) in [6.45, 7) is 2.24. The average Bonchev–Trinajstić information content (AvgIpc) is 2.34. The van der Waals surface area contributed by atoms with Crippen LogP contribution in [0, 0.1) is 0 Å². The fraction of sp³-hybridized carbons (Fsp3) is 0.812. The van der Waals surface area contributed by atoms with Gasteiger partial charge in [-0.3, -0.25) is 4.79 Å². The molecule has 0 saturated carbocycles. The van der Waals surface area contributed by atoms with E-state index in [1.54, 1.807) is 0 Å². The standard InChI is InChI=1S/C16H30O2.Mn/c1-2-3-4-5-6-7-8-9-10-11-12-13-14-15-16(17)18;/h7-8H,2-6,9-15H2,1H3,(H,17,18);/b8-7-;. The van der Waals surface area contributed by atoms with Crippen molar-refractivity contribution in [1.29, 1.82) is 0 Å². The molecule has 0 amide bonds. The van der Waals surface area contributed by atoms with Crippen molar-refractivity contribution >= 4 is 5.97 Å². The molecule has 1 N–H and O–H groups in total. The van der Waals surface area contributed by atoms with Crippen molar-refractivity contribution in [3.8, 4) is 0 Å². The number of unbranched alkanes of at least 4 members (excludes halogenated alkanes) is 9. The molecule has 0 rings (SSSR count). The molecule has 0 aliphatic rings. The maximum atomic E-state index is 10.3.